The van der Waals surface area contributed by atoms with Crippen molar-refractivity contribution in [3.05, 3.63) is 60.2 Å². The SMILES string of the molecule is CCCn1c2ccccc2c2nnc(SCC(=O)N[C@H](Cc3ccccc3)C(=O)OC)nc21. The Kier molecular flexibility index (Phi) is 7.19. The highest BCUT2D eigenvalue weighted by atomic mass is 32.2. The Hall–Kier alpha value is -3.46. The number of nitrogens with one attached hydrogen (secondary N) is 1. The summed E-state index contributed by atoms with van der Waals surface area (Å²) >= 11 is 1.19. The van der Waals surface area contributed by atoms with E-state index in [2.05, 4.69) is 32.0 Å². The standard InChI is InChI=1S/C24H25N5O3S/c1-3-13-29-19-12-8-7-11-17(19)21-22(29)26-24(28-27-21)33-15-20(30)25-18(23(31)32-2)14-16-9-5-4-6-10-16/h4-12,18H,3,13-15H2,1-2H3,(H,25,30)/t18-/m1/s1. The van der Waals surface area contributed by atoms with E-state index < -0.39 is 12.0 Å². The van der Waals surface area contributed by atoms with Crippen molar-refractivity contribution in [1.82, 2.24) is 25.1 Å². The quantitative estimate of drug-likeness (QED) is 0.300. The van der Waals surface area contributed by atoms with E-state index in [1.807, 2.05) is 54.6 Å². The Bertz CT molecular complexity index is 1280. The smallest absolute Gasteiger partial charge is 0.328 e. The molecular formula is C24H25N5O3S. The molecule has 9 heteroatoms. The summed E-state index contributed by atoms with van der Waals surface area (Å²) < 4.78 is 7.00. The molecule has 0 aliphatic rings. The van der Waals surface area contributed by atoms with Crippen molar-refractivity contribution in [3.8, 4) is 0 Å². The van der Waals surface area contributed by atoms with Crippen LogP contribution in [-0.2, 0) is 27.3 Å². The van der Waals surface area contributed by atoms with Crippen LogP contribution in [0.15, 0.2) is 59.8 Å². The second-order valence-electron chi connectivity index (χ2n) is 7.56. The van der Waals surface area contributed by atoms with Gasteiger partial charge in [0.25, 0.3) is 0 Å². The number of esters is 1. The highest BCUT2D eigenvalue weighted by Gasteiger charge is 2.22. The number of aromatic nitrogens is 4. The summed E-state index contributed by atoms with van der Waals surface area (Å²) in [6.45, 7) is 2.93. The molecule has 1 atom stereocenters. The highest BCUT2D eigenvalue weighted by molar-refractivity contribution is 7.99. The Balaban J connectivity index is 1.48. The number of hydrogen-bond acceptors (Lipinski definition) is 7. The predicted octanol–water partition coefficient (Wildman–Crippen LogP) is 3.38. The maximum atomic E-state index is 12.6. The largest absolute Gasteiger partial charge is 0.467 e. The van der Waals surface area contributed by atoms with Gasteiger partial charge in [-0.2, -0.15) is 0 Å². The summed E-state index contributed by atoms with van der Waals surface area (Å²) in [6.07, 6.45) is 1.31. The number of rotatable bonds is 9. The molecule has 0 fully saturated rings. The van der Waals surface area contributed by atoms with E-state index in [1.54, 1.807) is 0 Å². The lowest BCUT2D eigenvalue weighted by molar-refractivity contribution is -0.144. The van der Waals surface area contributed by atoms with Gasteiger partial charge in [0.1, 0.15) is 11.6 Å². The topological polar surface area (TPSA) is 99.0 Å². The summed E-state index contributed by atoms with van der Waals surface area (Å²) in [6, 6.07) is 16.7. The second kappa shape index (κ2) is 10.4. The number of nitrogens with zero attached hydrogens (tertiary/aromatic N) is 4. The van der Waals surface area contributed by atoms with E-state index in [-0.39, 0.29) is 11.7 Å². The Morgan fingerprint density at radius 2 is 1.85 bits per heavy atom. The molecule has 170 valence electrons. The van der Waals surface area contributed by atoms with Gasteiger partial charge in [-0.25, -0.2) is 9.78 Å². The third-order valence-electron chi connectivity index (χ3n) is 5.24. The van der Waals surface area contributed by atoms with Gasteiger partial charge < -0.3 is 14.6 Å². The molecule has 8 nitrogen and oxygen atoms in total. The Morgan fingerprint density at radius 1 is 1.09 bits per heavy atom. The average molecular weight is 464 g/mol. The first-order valence-corrected chi connectivity index (χ1v) is 11.7. The molecule has 0 saturated heterocycles. The fourth-order valence-corrected chi connectivity index (χ4v) is 4.34. The number of para-hydroxylation sites is 1. The number of aryl methyl sites for hydroxylation is 1. The van der Waals surface area contributed by atoms with Crippen molar-refractivity contribution in [2.75, 3.05) is 12.9 Å². The molecule has 4 aromatic rings. The molecular weight excluding hydrogens is 438 g/mol. The number of benzene rings is 2. The van der Waals surface area contributed by atoms with Gasteiger partial charge in [-0.15, -0.1) is 10.2 Å². The molecule has 0 spiro atoms. The lowest BCUT2D eigenvalue weighted by Crippen LogP contribution is -2.43. The number of ether oxygens (including phenoxy) is 1. The van der Waals surface area contributed by atoms with Gasteiger partial charge in [-0.3, -0.25) is 4.79 Å². The van der Waals surface area contributed by atoms with Crippen LogP contribution in [0, 0.1) is 0 Å². The third-order valence-corrected chi connectivity index (χ3v) is 6.08. The van der Waals surface area contributed by atoms with Crippen molar-refractivity contribution in [2.45, 2.75) is 37.5 Å². The Morgan fingerprint density at radius 3 is 2.61 bits per heavy atom. The van der Waals surface area contributed by atoms with Crippen molar-refractivity contribution >= 4 is 45.7 Å². The van der Waals surface area contributed by atoms with Crippen LogP contribution in [0.3, 0.4) is 0 Å². The van der Waals surface area contributed by atoms with Crippen molar-refractivity contribution in [1.29, 1.82) is 0 Å². The lowest BCUT2D eigenvalue weighted by atomic mass is 10.1. The van der Waals surface area contributed by atoms with Gasteiger partial charge >= 0.3 is 5.97 Å². The average Bonchev–Trinajstić information content (AvgIpc) is 3.16. The van der Waals surface area contributed by atoms with Crippen LogP contribution in [0.2, 0.25) is 0 Å². The number of amides is 1. The van der Waals surface area contributed by atoms with Crippen LogP contribution in [0.4, 0.5) is 0 Å². The molecule has 4 rings (SSSR count). The van der Waals surface area contributed by atoms with Crippen LogP contribution < -0.4 is 5.32 Å². The number of hydrogen-bond donors (Lipinski definition) is 1. The van der Waals surface area contributed by atoms with Gasteiger partial charge in [-0.1, -0.05) is 67.2 Å². The van der Waals surface area contributed by atoms with Gasteiger partial charge in [0.05, 0.1) is 18.4 Å². The molecule has 1 amide bonds. The Labute approximate surface area is 195 Å². The zero-order valence-electron chi connectivity index (χ0n) is 18.5. The first-order chi connectivity index (χ1) is 16.1. The molecule has 0 bridgehead atoms. The minimum absolute atomic E-state index is 0.0590. The molecule has 2 heterocycles. The van der Waals surface area contributed by atoms with E-state index in [4.69, 9.17) is 4.74 Å². The number of carbonyl (C=O) groups excluding carboxylic acids is 2. The van der Waals surface area contributed by atoms with E-state index >= 15 is 0 Å². The molecule has 1 N–H and O–H groups in total. The molecule has 0 unspecified atom stereocenters. The van der Waals surface area contributed by atoms with Crippen LogP contribution in [0.5, 0.6) is 0 Å². The van der Waals surface area contributed by atoms with Crippen molar-refractivity contribution < 1.29 is 14.3 Å². The van der Waals surface area contributed by atoms with Crippen molar-refractivity contribution in [2.24, 2.45) is 0 Å². The van der Waals surface area contributed by atoms with Crippen LogP contribution in [-0.4, -0.2) is 50.5 Å². The molecule has 33 heavy (non-hydrogen) atoms. The van der Waals surface area contributed by atoms with E-state index in [1.165, 1.54) is 18.9 Å². The molecule has 2 aromatic carbocycles. The fraction of sp³-hybridized carbons (Fsp3) is 0.292. The van der Waals surface area contributed by atoms with Crippen LogP contribution in [0.1, 0.15) is 18.9 Å². The lowest BCUT2D eigenvalue weighted by Gasteiger charge is -2.16. The fourth-order valence-electron chi connectivity index (χ4n) is 3.75. The highest BCUT2D eigenvalue weighted by Crippen LogP contribution is 2.27. The van der Waals surface area contributed by atoms with Crippen LogP contribution in [0.25, 0.3) is 22.1 Å². The van der Waals surface area contributed by atoms with Crippen molar-refractivity contribution in [3.63, 3.8) is 0 Å². The summed E-state index contributed by atoms with van der Waals surface area (Å²) in [5.74, 6) is -0.728. The maximum Gasteiger partial charge on any atom is 0.328 e. The number of carbonyl (C=O) groups is 2. The van der Waals surface area contributed by atoms with Gasteiger partial charge in [-0.05, 0) is 18.1 Å². The van der Waals surface area contributed by atoms with Crippen LogP contribution >= 0.6 is 11.8 Å². The molecule has 2 aromatic heterocycles. The van der Waals surface area contributed by atoms with E-state index in [0.29, 0.717) is 11.6 Å². The predicted molar refractivity (Wildman–Crippen MR) is 128 cm³/mol. The summed E-state index contributed by atoms with van der Waals surface area (Å²) in [5, 5.41) is 12.8. The maximum absolute atomic E-state index is 12.6. The first kappa shape index (κ1) is 22.7. The zero-order chi connectivity index (χ0) is 23.2. The van der Waals surface area contributed by atoms with E-state index in [0.717, 1.165) is 40.6 Å². The zero-order valence-corrected chi connectivity index (χ0v) is 19.3. The molecule has 0 radical (unpaired) electrons. The van der Waals surface area contributed by atoms with E-state index in [9.17, 15) is 9.59 Å². The third kappa shape index (κ3) is 5.14. The first-order valence-electron chi connectivity index (χ1n) is 10.8. The normalized spacial score (nSPS) is 12.1. The monoisotopic (exact) mass is 463 g/mol. The summed E-state index contributed by atoms with van der Waals surface area (Å²) in [5.41, 5.74) is 3.51. The minimum atomic E-state index is -0.765. The molecule has 0 aliphatic carbocycles. The number of fused-ring (bicyclic) bond motifs is 3. The summed E-state index contributed by atoms with van der Waals surface area (Å²) in [7, 11) is 1.31. The number of methoxy groups -OCH3 is 1. The number of thioether (sulfide) groups is 1. The molecule has 0 saturated carbocycles. The van der Waals surface area contributed by atoms with Gasteiger partial charge in [0, 0.05) is 18.4 Å². The second-order valence-corrected chi connectivity index (χ2v) is 8.50. The minimum Gasteiger partial charge on any atom is -0.467 e. The summed E-state index contributed by atoms with van der Waals surface area (Å²) in [4.78, 5) is 29.4. The molecule has 0 aliphatic heterocycles. The van der Waals surface area contributed by atoms with Gasteiger partial charge in [0.2, 0.25) is 11.1 Å². The van der Waals surface area contributed by atoms with Gasteiger partial charge in [0.15, 0.2) is 5.65 Å².